The minimum Gasteiger partial charge on any atom is -0.305 e. The van der Waals surface area contributed by atoms with E-state index in [4.69, 9.17) is 22.2 Å². The molecule has 0 heterocycles. The Morgan fingerprint density at radius 2 is 1.04 bits per heavy atom. The lowest BCUT2D eigenvalue weighted by Gasteiger charge is -2.25. The lowest BCUT2D eigenvalue weighted by atomic mass is 10.2. The fraction of sp³-hybridized carbons (Fsp3) is 0.333. The lowest BCUT2D eigenvalue weighted by molar-refractivity contribution is 0.403. The minimum absolute atomic E-state index is 0.834. The highest BCUT2D eigenvalue weighted by molar-refractivity contribution is 7.56. The van der Waals surface area contributed by atoms with Gasteiger partial charge in [-0.05, 0) is 49.7 Å². The summed E-state index contributed by atoms with van der Waals surface area (Å²) in [6.45, 7) is -1.12. The van der Waals surface area contributed by atoms with Crippen LogP contribution in [-0.2, 0) is 13.1 Å². The molecule has 0 aromatic heterocycles. The second-order valence-corrected chi connectivity index (χ2v) is 12.6. The van der Waals surface area contributed by atoms with Crippen LogP contribution in [0.2, 0.25) is 0 Å². The van der Waals surface area contributed by atoms with Crippen LogP contribution < -0.4 is 10.4 Å². The second kappa shape index (κ2) is 7.82. The van der Waals surface area contributed by atoms with Gasteiger partial charge in [-0.15, -0.1) is 22.2 Å². The zero-order valence-electron chi connectivity index (χ0n) is 14.2. The van der Waals surface area contributed by atoms with E-state index in [1.165, 1.54) is 11.1 Å². The Hall–Kier alpha value is -0.843. The normalized spacial score (nSPS) is 12.2. The summed E-state index contributed by atoms with van der Waals surface area (Å²) < 4.78 is 0. The van der Waals surface area contributed by atoms with Crippen molar-refractivity contribution in [3.05, 3.63) is 59.7 Å². The molecule has 0 aliphatic carbocycles. The second-order valence-electron chi connectivity index (χ2n) is 6.36. The van der Waals surface area contributed by atoms with E-state index >= 15 is 0 Å². The first-order chi connectivity index (χ1) is 10.8. The molecule has 0 aliphatic heterocycles. The molecule has 0 atom stereocenters. The van der Waals surface area contributed by atoms with Gasteiger partial charge in [-0.2, -0.15) is 0 Å². The first kappa shape index (κ1) is 18.5. The monoisotopic (exact) mass is 366 g/mol. The van der Waals surface area contributed by atoms with Gasteiger partial charge in [0.1, 0.15) is 0 Å². The molecule has 0 aliphatic rings. The Morgan fingerprint density at radius 1 is 0.696 bits per heavy atom. The predicted octanol–water partition coefficient (Wildman–Crippen LogP) is 2.84. The van der Waals surface area contributed by atoms with Crippen molar-refractivity contribution in [2.24, 2.45) is 0 Å². The Labute approximate surface area is 150 Å². The van der Waals surface area contributed by atoms with Crippen LogP contribution in [0.1, 0.15) is 11.1 Å². The quantitative estimate of drug-likeness (QED) is 0.572. The number of nitrogens with zero attached hydrogens (tertiary/aromatic N) is 2. The lowest BCUT2D eigenvalue weighted by Crippen LogP contribution is -2.52. The molecule has 0 saturated carbocycles. The van der Waals surface area contributed by atoms with Crippen LogP contribution in [0.15, 0.2) is 48.5 Å². The van der Waals surface area contributed by atoms with Crippen LogP contribution in [0, 0.1) is 0 Å². The van der Waals surface area contributed by atoms with E-state index in [9.17, 15) is 0 Å². The Morgan fingerprint density at radius 3 is 1.39 bits per heavy atom. The highest BCUT2D eigenvalue weighted by Crippen LogP contribution is 2.20. The number of rotatable bonds is 6. The topological polar surface area (TPSA) is 6.48 Å². The van der Waals surface area contributed by atoms with E-state index in [1.54, 1.807) is 0 Å². The zero-order chi connectivity index (χ0) is 17.0. The van der Waals surface area contributed by atoms with Crippen molar-refractivity contribution >= 4 is 39.2 Å². The van der Waals surface area contributed by atoms with Crippen molar-refractivity contribution in [3.8, 4) is 0 Å². The summed E-state index contributed by atoms with van der Waals surface area (Å²) in [7, 11) is 8.23. The fourth-order valence-corrected chi connectivity index (χ4v) is 7.00. The molecule has 0 radical (unpaired) electrons. The van der Waals surface area contributed by atoms with Crippen LogP contribution in [-0.4, -0.2) is 44.7 Å². The standard InChI is InChI=1S/C18H24Cl2N2Si/c1-21(2)13-15-9-5-7-11-17(15)23(19,20)18-12-8-6-10-16(18)14-22(3)4/h5-12H,13-14H2,1-4H3. The van der Waals surface area contributed by atoms with Gasteiger partial charge in [-0.25, -0.2) is 0 Å². The zero-order valence-corrected chi connectivity index (χ0v) is 16.7. The molecule has 2 nitrogen and oxygen atoms in total. The molecule has 0 amide bonds. The molecular weight excluding hydrogens is 343 g/mol. The van der Waals surface area contributed by atoms with Gasteiger partial charge in [-0.3, -0.25) is 0 Å². The van der Waals surface area contributed by atoms with Gasteiger partial charge in [0.15, 0.2) is 0 Å². The van der Waals surface area contributed by atoms with Crippen molar-refractivity contribution < 1.29 is 0 Å². The molecule has 2 aromatic carbocycles. The molecule has 0 saturated heterocycles. The van der Waals surface area contributed by atoms with Gasteiger partial charge in [0.2, 0.25) is 0 Å². The average molecular weight is 367 g/mol. The first-order valence-electron chi connectivity index (χ1n) is 7.66. The smallest absolute Gasteiger partial charge is 0.305 e. The van der Waals surface area contributed by atoms with Crippen LogP contribution >= 0.6 is 22.2 Å². The molecule has 0 spiro atoms. The van der Waals surface area contributed by atoms with E-state index in [0.29, 0.717) is 0 Å². The third-order valence-electron chi connectivity index (χ3n) is 3.68. The summed E-state index contributed by atoms with van der Waals surface area (Å²) in [6, 6.07) is 16.5. The molecule has 23 heavy (non-hydrogen) atoms. The van der Waals surface area contributed by atoms with Crippen molar-refractivity contribution in [3.63, 3.8) is 0 Å². The highest BCUT2D eigenvalue weighted by Gasteiger charge is 2.37. The Balaban J connectivity index is 2.51. The van der Waals surface area contributed by atoms with Gasteiger partial charge >= 0.3 is 6.69 Å². The summed E-state index contributed by atoms with van der Waals surface area (Å²) >= 11 is 14.1. The van der Waals surface area contributed by atoms with Crippen LogP contribution in [0.25, 0.3) is 0 Å². The van der Waals surface area contributed by atoms with E-state index in [0.717, 1.165) is 23.5 Å². The van der Waals surface area contributed by atoms with Gasteiger partial charge in [0.05, 0.1) is 0 Å². The Kier molecular flexibility index (Phi) is 6.29. The summed E-state index contributed by atoms with van der Waals surface area (Å²) in [6.07, 6.45) is 0. The highest BCUT2D eigenvalue weighted by atomic mass is 35.7. The van der Waals surface area contributed by atoms with Crippen LogP contribution in [0.3, 0.4) is 0 Å². The minimum atomic E-state index is -2.79. The maximum atomic E-state index is 7.03. The van der Waals surface area contributed by atoms with Crippen molar-refractivity contribution in [1.29, 1.82) is 0 Å². The molecule has 0 bridgehead atoms. The number of benzene rings is 2. The molecule has 2 aromatic rings. The number of hydrogen-bond acceptors (Lipinski definition) is 2. The molecular formula is C18H24Cl2N2Si. The Bertz CT molecular complexity index is 601. The van der Waals surface area contributed by atoms with Crippen LogP contribution in [0.5, 0.6) is 0 Å². The third kappa shape index (κ3) is 4.58. The summed E-state index contributed by atoms with van der Waals surface area (Å²) in [5, 5.41) is 2.17. The van der Waals surface area contributed by atoms with E-state index < -0.39 is 6.69 Å². The van der Waals surface area contributed by atoms with Crippen molar-refractivity contribution in [2.75, 3.05) is 28.2 Å². The summed E-state index contributed by atoms with van der Waals surface area (Å²) in [5.74, 6) is 0. The molecule has 0 N–H and O–H groups in total. The molecule has 5 heteroatoms. The van der Waals surface area contributed by atoms with Crippen molar-refractivity contribution in [1.82, 2.24) is 9.80 Å². The van der Waals surface area contributed by atoms with Crippen molar-refractivity contribution in [2.45, 2.75) is 13.1 Å². The van der Waals surface area contributed by atoms with Gasteiger partial charge in [0, 0.05) is 13.1 Å². The van der Waals surface area contributed by atoms with Gasteiger partial charge in [-0.1, -0.05) is 48.5 Å². The van der Waals surface area contributed by atoms with Crippen LogP contribution in [0.4, 0.5) is 0 Å². The predicted molar refractivity (Wildman–Crippen MR) is 104 cm³/mol. The summed E-state index contributed by atoms with van der Waals surface area (Å²) in [5.41, 5.74) is 2.41. The average Bonchev–Trinajstić information content (AvgIpc) is 2.46. The molecule has 0 unspecified atom stereocenters. The summed E-state index contributed by atoms with van der Waals surface area (Å²) in [4.78, 5) is 4.28. The first-order valence-corrected chi connectivity index (χ1v) is 11.7. The SMILES string of the molecule is CN(C)Cc1ccccc1[Si](Cl)(Cl)c1ccccc1CN(C)C. The van der Waals surface area contributed by atoms with E-state index in [-0.39, 0.29) is 0 Å². The molecule has 0 fully saturated rings. The van der Waals surface area contributed by atoms with Gasteiger partial charge < -0.3 is 9.80 Å². The maximum absolute atomic E-state index is 7.03. The largest absolute Gasteiger partial charge is 0.311 e. The van der Waals surface area contributed by atoms with E-state index in [1.807, 2.05) is 24.3 Å². The molecule has 2 rings (SSSR count). The third-order valence-corrected chi connectivity index (χ3v) is 8.46. The fourth-order valence-electron chi connectivity index (χ4n) is 2.76. The van der Waals surface area contributed by atoms with E-state index in [2.05, 4.69) is 62.3 Å². The van der Waals surface area contributed by atoms with Gasteiger partial charge in [0.25, 0.3) is 0 Å². The number of halogens is 2. The molecule has 124 valence electrons. The number of hydrogen-bond donors (Lipinski definition) is 0. The maximum Gasteiger partial charge on any atom is 0.311 e.